The van der Waals surface area contributed by atoms with Gasteiger partial charge in [0.05, 0.1) is 4.90 Å². The van der Waals surface area contributed by atoms with Crippen LogP contribution in [0.15, 0.2) is 56.8 Å². The van der Waals surface area contributed by atoms with Crippen LogP contribution in [0, 0.1) is 6.92 Å². The fourth-order valence-corrected chi connectivity index (χ4v) is 5.14. The van der Waals surface area contributed by atoms with Crippen molar-refractivity contribution in [2.75, 3.05) is 51.3 Å². The summed E-state index contributed by atoms with van der Waals surface area (Å²) in [6.07, 6.45) is 0. The Hall–Kier alpha value is -3.04. The van der Waals surface area contributed by atoms with Crippen molar-refractivity contribution >= 4 is 15.7 Å². The molecule has 1 saturated heterocycles. The Morgan fingerprint density at radius 1 is 0.906 bits per heavy atom. The summed E-state index contributed by atoms with van der Waals surface area (Å²) in [6.45, 7) is 5.74. The minimum Gasteiger partial charge on any atom is -0.486 e. The van der Waals surface area contributed by atoms with E-state index < -0.39 is 9.84 Å². The van der Waals surface area contributed by atoms with Gasteiger partial charge >= 0.3 is 0 Å². The van der Waals surface area contributed by atoms with Gasteiger partial charge in [-0.1, -0.05) is 17.7 Å². The van der Waals surface area contributed by atoms with Gasteiger partial charge < -0.3 is 23.7 Å². The van der Waals surface area contributed by atoms with Crippen LogP contribution < -0.4 is 14.4 Å². The highest BCUT2D eigenvalue weighted by molar-refractivity contribution is 7.91. The van der Waals surface area contributed by atoms with Crippen LogP contribution in [0.25, 0.3) is 11.5 Å². The smallest absolute Gasteiger partial charge is 0.236 e. The fraction of sp³-hybridized carbons (Fsp3) is 0.348. The molecule has 2 aliphatic heterocycles. The van der Waals surface area contributed by atoms with Crippen LogP contribution >= 0.6 is 0 Å². The zero-order chi connectivity index (χ0) is 22.3. The van der Waals surface area contributed by atoms with Crippen molar-refractivity contribution in [1.82, 2.24) is 9.88 Å². The van der Waals surface area contributed by atoms with Gasteiger partial charge in [-0.05, 0) is 38.2 Å². The third-order valence-electron chi connectivity index (χ3n) is 5.75. The Bertz CT molecular complexity index is 1230. The third-order valence-corrected chi connectivity index (χ3v) is 7.40. The number of likely N-dealkylation sites (N-methyl/N-ethyl adjacent to an activating group) is 1. The highest BCUT2D eigenvalue weighted by atomic mass is 32.2. The van der Waals surface area contributed by atoms with Gasteiger partial charge in [-0.25, -0.2) is 8.42 Å². The number of hydrogen-bond donors (Lipinski definition) is 0. The predicted octanol–water partition coefficient (Wildman–Crippen LogP) is 3.01. The highest BCUT2D eigenvalue weighted by Gasteiger charge is 2.33. The molecule has 168 valence electrons. The summed E-state index contributed by atoms with van der Waals surface area (Å²) in [4.78, 5) is 8.73. The molecule has 0 amide bonds. The number of ether oxygens (including phenoxy) is 2. The van der Waals surface area contributed by atoms with E-state index in [-0.39, 0.29) is 21.7 Å². The average Bonchev–Trinajstić information content (AvgIpc) is 3.26. The van der Waals surface area contributed by atoms with Crippen LogP contribution in [-0.4, -0.2) is 64.7 Å². The van der Waals surface area contributed by atoms with Crippen LogP contribution in [-0.2, 0) is 9.84 Å². The molecular weight excluding hydrogens is 430 g/mol. The molecule has 9 heteroatoms. The van der Waals surface area contributed by atoms with Crippen molar-refractivity contribution in [2.24, 2.45) is 0 Å². The lowest BCUT2D eigenvalue weighted by atomic mass is 10.1. The molecule has 0 bridgehead atoms. The van der Waals surface area contributed by atoms with Crippen LogP contribution in [0.3, 0.4) is 0 Å². The molecule has 0 aliphatic carbocycles. The number of sulfone groups is 1. The molecule has 0 radical (unpaired) electrons. The molecule has 1 fully saturated rings. The van der Waals surface area contributed by atoms with Gasteiger partial charge in [0.25, 0.3) is 0 Å². The molecule has 0 unspecified atom stereocenters. The highest BCUT2D eigenvalue weighted by Crippen LogP contribution is 2.38. The van der Waals surface area contributed by atoms with E-state index in [1.807, 2.05) is 43.1 Å². The fourth-order valence-electron chi connectivity index (χ4n) is 3.80. The number of fused-ring (bicyclic) bond motifs is 1. The van der Waals surface area contributed by atoms with Crippen LogP contribution in [0.1, 0.15) is 5.56 Å². The van der Waals surface area contributed by atoms with E-state index in [2.05, 4.69) is 9.88 Å². The van der Waals surface area contributed by atoms with Crippen LogP contribution in [0.2, 0.25) is 0 Å². The van der Waals surface area contributed by atoms with Gasteiger partial charge in [0.15, 0.2) is 11.5 Å². The second-order valence-corrected chi connectivity index (χ2v) is 9.96. The summed E-state index contributed by atoms with van der Waals surface area (Å²) in [5.74, 6) is 1.52. The van der Waals surface area contributed by atoms with Crippen LogP contribution in [0.5, 0.6) is 11.5 Å². The lowest BCUT2D eigenvalue weighted by Crippen LogP contribution is -2.44. The average molecular weight is 456 g/mol. The summed E-state index contributed by atoms with van der Waals surface area (Å²) >= 11 is 0. The van der Waals surface area contributed by atoms with E-state index in [0.717, 1.165) is 24.2 Å². The summed E-state index contributed by atoms with van der Waals surface area (Å²) in [5.41, 5.74) is 1.83. The molecule has 2 aliphatic rings. The maximum Gasteiger partial charge on any atom is 0.236 e. The summed E-state index contributed by atoms with van der Waals surface area (Å²) in [5, 5.41) is -0.0747. The minimum atomic E-state index is -3.96. The van der Waals surface area contributed by atoms with E-state index in [9.17, 15) is 8.42 Å². The molecule has 1 aromatic heterocycles. The molecule has 32 heavy (non-hydrogen) atoms. The Balaban J connectivity index is 1.60. The molecule has 0 atom stereocenters. The zero-order valence-electron chi connectivity index (χ0n) is 18.1. The first-order valence-corrected chi connectivity index (χ1v) is 12.1. The van der Waals surface area contributed by atoms with E-state index in [4.69, 9.17) is 13.9 Å². The van der Waals surface area contributed by atoms with Crippen LogP contribution in [0.4, 0.5) is 5.88 Å². The van der Waals surface area contributed by atoms with E-state index in [0.29, 0.717) is 37.8 Å². The third kappa shape index (κ3) is 3.82. The largest absolute Gasteiger partial charge is 0.486 e. The van der Waals surface area contributed by atoms with E-state index in [1.54, 1.807) is 6.07 Å². The van der Waals surface area contributed by atoms with Crippen molar-refractivity contribution in [3.63, 3.8) is 0 Å². The first-order chi connectivity index (χ1) is 15.4. The normalized spacial score (nSPS) is 16.9. The predicted molar refractivity (Wildman–Crippen MR) is 119 cm³/mol. The summed E-state index contributed by atoms with van der Waals surface area (Å²) in [6, 6.07) is 12.3. The van der Waals surface area contributed by atoms with Crippen molar-refractivity contribution in [1.29, 1.82) is 0 Å². The molecule has 3 aromatic rings. The number of anilines is 1. The second kappa shape index (κ2) is 8.14. The van der Waals surface area contributed by atoms with Crippen molar-refractivity contribution in [3.8, 4) is 23.0 Å². The molecule has 2 aromatic carbocycles. The van der Waals surface area contributed by atoms with Gasteiger partial charge in [0, 0.05) is 37.8 Å². The van der Waals surface area contributed by atoms with Crippen molar-refractivity contribution in [3.05, 3.63) is 48.0 Å². The Labute approximate surface area is 187 Å². The van der Waals surface area contributed by atoms with Crippen molar-refractivity contribution < 1.29 is 22.3 Å². The lowest BCUT2D eigenvalue weighted by Gasteiger charge is -2.32. The number of aryl methyl sites for hydroxylation is 1. The van der Waals surface area contributed by atoms with E-state index >= 15 is 0 Å². The molecule has 0 N–H and O–H groups in total. The molecule has 0 spiro atoms. The number of piperazine rings is 1. The maximum atomic E-state index is 13.7. The topological polar surface area (TPSA) is 85.1 Å². The number of aromatic nitrogens is 1. The Morgan fingerprint density at radius 2 is 1.59 bits per heavy atom. The Kier molecular flexibility index (Phi) is 5.30. The molecular formula is C23H25N3O5S. The zero-order valence-corrected chi connectivity index (χ0v) is 18.9. The van der Waals surface area contributed by atoms with Gasteiger partial charge in [0.1, 0.15) is 13.2 Å². The van der Waals surface area contributed by atoms with Gasteiger partial charge in [0.2, 0.25) is 26.6 Å². The molecule has 5 rings (SSSR count). The standard InChI is InChI=1S/C23H25N3O5S/c1-16-3-5-17(6-4-16)21-24-22(23(31-21)26-11-9-25(2)10-12-26)32(27,28)18-7-8-19-20(15-18)30-14-13-29-19/h3-8,15H,9-14H2,1-2H3. The minimum absolute atomic E-state index is 0.0747. The Morgan fingerprint density at radius 3 is 2.31 bits per heavy atom. The second-order valence-electron chi connectivity index (χ2n) is 8.09. The number of nitrogens with zero attached hydrogens (tertiary/aromatic N) is 3. The molecule has 3 heterocycles. The SMILES string of the molecule is Cc1ccc(-c2nc(S(=O)(=O)c3ccc4c(c3)OCCO4)c(N3CCN(C)CC3)o2)cc1. The van der Waals surface area contributed by atoms with Gasteiger partial charge in [-0.15, -0.1) is 0 Å². The number of oxazole rings is 1. The summed E-state index contributed by atoms with van der Waals surface area (Å²) in [7, 11) is -1.91. The van der Waals surface area contributed by atoms with Gasteiger partial charge in [-0.3, -0.25) is 0 Å². The number of rotatable bonds is 4. The van der Waals surface area contributed by atoms with Gasteiger partial charge in [-0.2, -0.15) is 4.98 Å². The first kappa shape index (κ1) is 20.8. The quantitative estimate of drug-likeness (QED) is 0.594. The van der Waals surface area contributed by atoms with Crippen molar-refractivity contribution in [2.45, 2.75) is 16.8 Å². The van der Waals surface area contributed by atoms with E-state index in [1.165, 1.54) is 12.1 Å². The molecule has 8 nitrogen and oxygen atoms in total. The first-order valence-electron chi connectivity index (χ1n) is 10.6. The maximum absolute atomic E-state index is 13.7. The summed E-state index contributed by atoms with van der Waals surface area (Å²) < 4.78 is 44.6. The lowest BCUT2D eigenvalue weighted by molar-refractivity contribution is 0.171. The number of benzene rings is 2. The number of hydrogen-bond acceptors (Lipinski definition) is 8. The molecule has 0 saturated carbocycles. The monoisotopic (exact) mass is 455 g/mol.